The zero-order chi connectivity index (χ0) is 20.2. The molecule has 144 valence electrons. The van der Waals surface area contributed by atoms with E-state index in [1.807, 2.05) is 5.32 Å². The number of ether oxygens (including phenoxy) is 2. The van der Waals surface area contributed by atoms with Crippen LogP contribution < -0.4 is 14.8 Å². The summed E-state index contributed by atoms with van der Waals surface area (Å²) in [5.74, 6) is -3.51. The van der Waals surface area contributed by atoms with Crippen LogP contribution in [0.4, 0.5) is 28.0 Å². The normalized spacial score (nSPS) is 12.2. The zero-order valence-corrected chi connectivity index (χ0v) is 13.7. The topological polar surface area (TPSA) is 84.9 Å². The lowest BCUT2D eigenvalue weighted by molar-refractivity contribution is -0.189. The molecule has 0 aliphatic heterocycles. The average Bonchev–Trinajstić information content (AvgIpc) is 2.57. The summed E-state index contributed by atoms with van der Waals surface area (Å²) in [5, 5.41) is 11.0. The molecule has 0 aliphatic rings. The van der Waals surface area contributed by atoms with Gasteiger partial charge in [-0.3, -0.25) is 5.32 Å². The van der Waals surface area contributed by atoms with Gasteiger partial charge in [-0.2, -0.15) is 13.2 Å². The largest absolute Gasteiger partial charge is 0.480 e. The number of carbonyl (C=O) groups excluding carboxylic acids is 1. The van der Waals surface area contributed by atoms with Crippen molar-refractivity contribution in [2.75, 3.05) is 5.32 Å². The van der Waals surface area contributed by atoms with Gasteiger partial charge < -0.3 is 14.6 Å². The van der Waals surface area contributed by atoms with E-state index in [4.69, 9.17) is 9.84 Å². The molecule has 0 bridgehead atoms. The summed E-state index contributed by atoms with van der Waals surface area (Å²) in [7, 11) is 0. The lowest BCUT2D eigenvalue weighted by atomic mass is 10.1. The number of carboxylic acid groups (broad SMARTS) is 1. The summed E-state index contributed by atoms with van der Waals surface area (Å²) >= 11 is 0. The Morgan fingerprint density at radius 3 is 2.33 bits per heavy atom. The molecule has 0 unspecified atom stereocenters. The Hall–Kier alpha value is -3.30. The van der Waals surface area contributed by atoms with Crippen LogP contribution in [0.2, 0.25) is 0 Å². The minimum Gasteiger partial charge on any atom is -0.480 e. The fraction of sp³-hybridized carbons (Fsp3) is 0.176. The number of alkyl halides is 3. The Labute approximate surface area is 150 Å². The lowest BCUT2D eigenvalue weighted by Crippen LogP contribution is -2.31. The molecule has 0 heterocycles. The Kier molecular flexibility index (Phi) is 5.88. The van der Waals surface area contributed by atoms with Crippen molar-refractivity contribution >= 4 is 17.7 Å². The van der Waals surface area contributed by atoms with Gasteiger partial charge in [0.05, 0.1) is 5.69 Å². The first-order valence-corrected chi connectivity index (χ1v) is 7.42. The van der Waals surface area contributed by atoms with Crippen molar-refractivity contribution < 1.29 is 41.7 Å². The van der Waals surface area contributed by atoms with E-state index >= 15 is 0 Å². The second-order valence-electron chi connectivity index (χ2n) is 5.26. The molecule has 0 radical (unpaired) electrons. The molecule has 0 saturated carbocycles. The molecule has 2 rings (SSSR count). The molecule has 2 N–H and O–H groups in total. The Morgan fingerprint density at radius 2 is 1.78 bits per heavy atom. The molecule has 0 saturated heterocycles. The van der Waals surface area contributed by atoms with Crippen LogP contribution in [-0.4, -0.2) is 29.4 Å². The number of para-hydroxylation sites is 1. The first kappa shape index (κ1) is 20.0. The third kappa shape index (κ3) is 5.33. The molecule has 2 aromatic rings. The van der Waals surface area contributed by atoms with Gasteiger partial charge in [0, 0.05) is 6.07 Å². The number of halogens is 4. The van der Waals surface area contributed by atoms with E-state index in [2.05, 4.69) is 4.74 Å². The average molecular weight is 387 g/mol. The number of benzene rings is 2. The quantitative estimate of drug-likeness (QED) is 0.740. The fourth-order valence-corrected chi connectivity index (χ4v) is 1.90. The van der Waals surface area contributed by atoms with Crippen LogP contribution in [0, 0.1) is 5.82 Å². The van der Waals surface area contributed by atoms with E-state index in [1.165, 1.54) is 12.1 Å². The van der Waals surface area contributed by atoms with E-state index in [0.29, 0.717) is 19.1 Å². The van der Waals surface area contributed by atoms with Crippen LogP contribution >= 0.6 is 0 Å². The molecule has 27 heavy (non-hydrogen) atoms. The molecule has 10 heteroatoms. The molecular formula is C17H13F4NO5. The second-order valence-corrected chi connectivity index (χ2v) is 5.26. The third-order valence-corrected chi connectivity index (χ3v) is 3.25. The third-order valence-electron chi connectivity index (χ3n) is 3.25. The molecule has 1 atom stereocenters. The Balaban J connectivity index is 2.27. The predicted molar refractivity (Wildman–Crippen MR) is 85.6 cm³/mol. The number of hydrogen-bond donors (Lipinski definition) is 2. The van der Waals surface area contributed by atoms with Gasteiger partial charge in [0.15, 0.2) is 6.10 Å². The molecule has 2 aromatic carbocycles. The SMILES string of the molecule is C[C@H](Oc1cc(NC(=O)Oc2ccccc2)c(F)cc1C(=O)O)C(F)(F)F. The minimum atomic E-state index is -4.77. The smallest absolute Gasteiger partial charge is 0.425 e. The summed E-state index contributed by atoms with van der Waals surface area (Å²) in [4.78, 5) is 22.9. The maximum Gasteiger partial charge on any atom is 0.425 e. The van der Waals surface area contributed by atoms with Crippen LogP contribution in [0.3, 0.4) is 0 Å². The van der Waals surface area contributed by atoms with Crippen molar-refractivity contribution in [2.45, 2.75) is 19.2 Å². The van der Waals surface area contributed by atoms with Gasteiger partial charge in [0.25, 0.3) is 0 Å². The molecule has 6 nitrogen and oxygen atoms in total. The highest BCUT2D eigenvalue weighted by molar-refractivity contribution is 5.93. The summed E-state index contributed by atoms with van der Waals surface area (Å²) < 4.78 is 61.5. The second kappa shape index (κ2) is 7.94. The van der Waals surface area contributed by atoms with E-state index in [-0.39, 0.29) is 5.75 Å². The van der Waals surface area contributed by atoms with E-state index in [0.717, 1.165) is 0 Å². The van der Waals surface area contributed by atoms with Gasteiger partial charge in [-0.25, -0.2) is 14.0 Å². The van der Waals surface area contributed by atoms with Crippen LogP contribution in [0.1, 0.15) is 17.3 Å². The van der Waals surface area contributed by atoms with Crippen molar-refractivity contribution in [1.82, 2.24) is 0 Å². The lowest BCUT2D eigenvalue weighted by Gasteiger charge is -2.19. The molecular weight excluding hydrogens is 374 g/mol. The number of carboxylic acids is 1. The fourth-order valence-electron chi connectivity index (χ4n) is 1.90. The maximum atomic E-state index is 14.0. The van der Waals surface area contributed by atoms with Crippen LogP contribution in [-0.2, 0) is 0 Å². The Bertz CT molecular complexity index is 839. The first-order chi connectivity index (χ1) is 12.6. The number of anilines is 1. The minimum absolute atomic E-state index is 0.139. The van der Waals surface area contributed by atoms with E-state index in [9.17, 15) is 27.2 Å². The van der Waals surface area contributed by atoms with Gasteiger partial charge >= 0.3 is 18.2 Å². The number of carbonyl (C=O) groups is 2. The Morgan fingerprint density at radius 1 is 1.15 bits per heavy atom. The van der Waals surface area contributed by atoms with Gasteiger partial charge in [0.2, 0.25) is 0 Å². The number of nitrogens with one attached hydrogen (secondary N) is 1. The number of aromatic carboxylic acids is 1. The van der Waals surface area contributed by atoms with Gasteiger partial charge in [-0.1, -0.05) is 18.2 Å². The molecule has 1 amide bonds. The van der Waals surface area contributed by atoms with Gasteiger partial charge in [-0.15, -0.1) is 0 Å². The standard InChI is InChI=1S/C17H13F4NO5/c1-9(17(19,20)21)26-14-8-13(12(18)7-11(14)15(23)24)22-16(25)27-10-5-3-2-4-6-10/h2-9H,1H3,(H,22,25)(H,23,24)/t9-/m0/s1. The molecule has 0 fully saturated rings. The summed E-state index contributed by atoms with van der Waals surface area (Å²) in [6, 6.07) is 8.81. The number of rotatable bonds is 5. The molecule has 0 aliphatic carbocycles. The zero-order valence-electron chi connectivity index (χ0n) is 13.7. The molecule has 0 aromatic heterocycles. The summed E-state index contributed by atoms with van der Waals surface area (Å²) in [6.45, 7) is 0.658. The van der Waals surface area contributed by atoms with Crippen molar-refractivity contribution in [3.05, 3.63) is 53.8 Å². The summed E-state index contributed by atoms with van der Waals surface area (Å²) in [5.41, 5.74) is -1.43. The first-order valence-electron chi connectivity index (χ1n) is 7.42. The van der Waals surface area contributed by atoms with Gasteiger partial charge in [0.1, 0.15) is 22.9 Å². The summed E-state index contributed by atoms with van der Waals surface area (Å²) in [6.07, 6.45) is -8.26. The number of amides is 1. The predicted octanol–water partition coefficient (Wildman–Crippen LogP) is 4.46. The van der Waals surface area contributed by atoms with Crippen molar-refractivity contribution in [1.29, 1.82) is 0 Å². The number of hydrogen-bond acceptors (Lipinski definition) is 4. The van der Waals surface area contributed by atoms with E-state index < -0.39 is 47.2 Å². The van der Waals surface area contributed by atoms with Crippen molar-refractivity contribution in [3.63, 3.8) is 0 Å². The highest BCUT2D eigenvalue weighted by Crippen LogP contribution is 2.31. The van der Waals surface area contributed by atoms with Crippen molar-refractivity contribution in [3.8, 4) is 11.5 Å². The highest BCUT2D eigenvalue weighted by Gasteiger charge is 2.38. The van der Waals surface area contributed by atoms with E-state index in [1.54, 1.807) is 18.2 Å². The molecule has 0 spiro atoms. The van der Waals surface area contributed by atoms with Crippen molar-refractivity contribution in [2.24, 2.45) is 0 Å². The maximum absolute atomic E-state index is 14.0. The monoisotopic (exact) mass is 387 g/mol. The highest BCUT2D eigenvalue weighted by atomic mass is 19.4. The van der Waals surface area contributed by atoms with Crippen LogP contribution in [0.25, 0.3) is 0 Å². The van der Waals surface area contributed by atoms with Crippen LogP contribution in [0.15, 0.2) is 42.5 Å². The van der Waals surface area contributed by atoms with Gasteiger partial charge in [-0.05, 0) is 25.1 Å². The van der Waals surface area contributed by atoms with Crippen LogP contribution in [0.5, 0.6) is 11.5 Å².